The van der Waals surface area contributed by atoms with Crippen LogP contribution in [0.15, 0.2) is 54.6 Å². The molecule has 4 rings (SSSR count). The van der Waals surface area contributed by atoms with Gasteiger partial charge in [-0.05, 0) is 49.9 Å². The molecule has 3 nitrogen and oxygen atoms in total. The summed E-state index contributed by atoms with van der Waals surface area (Å²) in [6.07, 6.45) is 1.70. The van der Waals surface area contributed by atoms with E-state index in [0.717, 1.165) is 53.7 Å². The predicted octanol–water partition coefficient (Wildman–Crippen LogP) is 5.36. The van der Waals surface area contributed by atoms with E-state index < -0.39 is 6.10 Å². The number of pyridine rings is 1. The predicted molar refractivity (Wildman–Crippen MR) is 116 cm³/mol. The molecule has 0 radical (unpaired) electrons. The van der Waals surface area contributed by atoms with Gasteiger partial charge in [0.15, 0.2) is 0 Å². The third-order valence-corrected chi connectivity index (χ3v) is 5.79. The molecule has 0 spiro atoms. The Morgan fingerprint density at radius 3 is 2.61 bits per heavy atom. The Morgan fingerprint density at radius 2 is 1.86 bits per heavy atom. The van der Waals surface area contributed by atoms with Gasteiger partial charge in [-0.3, -0.25) is 4.90 Å². The van der Waals surface area contributed by atoms with Crippen molar-refractivity contribution >= 4 is 10.9 Å². The van der Waals surface area contributed by atoms with E-state index >= 15 is 0 Å². The fourth-order valence-electron chi connectivity index (χ4n) is 4.43. The van der Waals surface area contributed by atoms with Gasteiger partial charge in [-0.15, -0.1) is 0 Å². The second kappa shape index (κ2) is 8.02. The summed E-state index contributed by atoms with van der Waals surface area (Å²) in [5.41, 5.74) is 5.21. The Labute approximate surface area is 168 Å². The lowest BCUT2D eigenvalue weighted by molar-refractivity contribution is 0.0678. The zero-order chi connectivity index (χ0) is 19.7. The van der Waals surface area contributed by atoms with Crippen LogP contribution in [0.1, 0.15) is 43.9 Å². The highest BCUT2D eigenvalue weighted by Crippen LogP contribution is 2.35. The van der Waals surface area contributed by atoms with E-state index in [4.69, 9.17) is 4.98 Å². The van der Waals surface area contributed by atoms with E-state index in [0.29, 0.717) is 5.92 Å². The Balaban J connectivity index is 1.77. The van der Waals surface area contributed by atoms with Crippen molar-refractivity contribution < 1.29 is 5.11 Å². The summed E-state index contributed by atoms with van der Waals surface area (Å²) in [7, 11) is 0. The van der Waals surface area contributed by atoms with Gasteiger partial charge in [0, 0.05) is 23.5 Å². The quantitative estimate of drug-likeness (QED) is 0.653. The highest BCUT2D eigenvalue weighted by molar-refractivity contribution is 5.85. The second-order valence-electron chi connectivity index (χ2n) is 8.52. The van der Waals surface area contributed by atoms with Crippen molar-refractivity contribution in [3.05, 3.63) is 65.7 Å². The monoisotopic (exact) mass is 374 g/mol. The Morgan fingerprint density at radius 1 is 1.11 bits per heavy atom. The van der Waals surface area contributed by atoms with Crippen molar-refractivity contribution in [3.8, 4) is 11.3 Å². The molecule has 3 aromatic rings. The molecule has 0 aliphatic carbocycles. The van der Waals surface area contributed by atoms with Gasteiger partial charge in [0.25, 0.3) is 0 Å². The number of hydrogen-bond donors (Lipinski definition) is 1. The molecular formula is C25H30N2O. The van der Waals surface area contributed by atoms with Crippen molar-refractivity contribution in [1.82, 2.24) is 9.88 Å². The highest BCUT2D eigenvalue weighted by Gasteiger charge is 2.32. The number of aliphatic hydroxyl groups excluding tert-OH is 1. The lowest BCUT2D eigenvalue weighted by Crippen LogP contribution is -2.37. The van der Waals surface area contributed by atoms with Crippen LogP contribution in [0.5, 0.6) is 0 Å². The normalized spacial score (nSPS) is 18.8. The molecule has 2 atom stereocenters. The van der Waals surface area contributed by atoms with Crippen molar-refractivity contribution in [3.63, 3.8) is 0 Å². The number of benzene rings is 2. The molecule has 0 saturated carbocycles. The number of rotatable bonds is 5. The van der Waals surface area contributed by atoms with E-state index in [2.05, 4.69) is 62.1 Å². The van der Waals surface area contributed by atoms with Gasteiger partial charge in [-0.2, -0.15) is 0 Å². The molecule has 0 amide bonds. The number of para-hydroxylation sites is 1. The number of nitrogens with zero attached hydrogens (tertiary/aromatic N) is 2. The maximum atomic E-state index is 11.4. The smallest absolute Gasteiger partial charge is 0.0952 e. The van der Waals surface area contributed by atoms with Gasteiger partial charge >= 0.3 is 0 Å². The van der Waals surface area contributed by atoms with E-state index in [9.17, 15) is 5.11 Å². The molecule has 3 heteroatoms. The first kappa shape index (κ1) is 19.1. The average Bonchev–Trinajstić information content (AvgIpc) is 3.14. The van der Waals surface area contributed by atoms with Crippen LogP contribution in [-0.4, -0.2) is 34.1 Å². The van der Waals surface area contributed by atoms with Crippen LogP contribution >= 0.6 is 0 Å². The van der Waals surface area contributed by atoms with Crippen LogP contribution in [0.4, 0.5) is 0 Å². The number of fused-ring (bicyclic) bond motifs is 1. The molecule has 2 heterocycles. The molecule has 1 aliphatic rings. The Bertz CT molecular complexity index is 948. The van der Waals surface area contributed by atoms with E-state index in [1.54, 1.807) is 0 Å². The third kappa shape index (κ3) is 3.82. The summed E-state index contributed by atoms with van der Waals surface area (Å²) < 4.78 is 0. The first-order valence-corrected chi connectivity index (χ1v) is 10.4. The minimum atomic E-state index is -0.502. The van der Waals surface area contributed by atoms with Crippen molar-refractivity contribution in [2.45, 2.75) is 45.8 Å². The van der Waals surface area contributed by atoms with Crippen LogP contribution in [0.25, 0.3) is 22.2 Å². The van der Waals surface area contributed by atoms with Gasteiger partial charge in [0.2, 0.25) is 0 Å². The lowest BCUT2D eigenvalue weighted by Gasteiger charge is -2.30. The Hall–Kier alpha value is -2.23. The number of aryl methyl sites for hydroxylation is 1. The van der Waals surface area contributed by atoms with Crippen molar-refractivity contribution in [1.29, 1.82) is 0 Å². The zero-order valence-electron chi connectivity index (χ0n) is 17.1. The number of aromatic nitrogens is 1. The zero-order valence-corrected chi connectivity index (χ0v) is 17.1. The third-order valence-electron chi connectivity index (χ3n) is 5.79. The molecule has 1 aliphatic heterocycles. The molecule has 2 unspecified atom stereocenters. The van der Waals surface area contributed by atoms with Gasteiger partial charge in [-0.25, -0.2) is 4.98 Å². The first-order chi connectivity index (χ1) is 13.5. The van der Waals surface area contributed by atoms with Crippen molar-refractivity contribution in [2.75, 3.05) is 13.1 Å². The SMILES string of the molecule is Cc1ccc(-c2cc(C(O)C3CCCN3CC(C)C)c3ccccc3n2)cc1. The Kier molecular flexibility index (Phi) is 5.47. The summed E-state index contributed by atoms with van der Waals surface area (Å²) in [4.78, 5) is 7.36. The summed E-state index contributed by atoms with van der Waals surface area (Å²) in [6, 6.07) is 18.9. The first-order valence-electron chi connectivity index (χ1n) is 10.4. The van der Waals surface area contributed by atoms with Gasteiger partial charge in [-0.1, -0.05) is 61.9 Å². The molecule has 0 bridgehead atoms. The van der Waals surface area contributed by atoms with Gasteiger partial charge < -0.3 is 5.11 Å². The summed E-state index contributed by atoms with van der Waals surface area (Å²) in [5.74, 6) is 0.602. The topological polar surface area (TPSA) is 36.4 Å². The minimum absolute atomic E-state index is 0.180. The van der Waals surface area contributed by atoms with Crippen LogP contribution in [0, 0.1) is 12.8 Å². The molecule has 1 aromatic heterocycles. The fraction of sp³-hybridized carbons (Fsp3) is 0.400. The van der Waals surface area contributed by atoms with Crippen LogP contribution < -0.4 is 0 Å². The molecule has 1 saturated heterocycles. The minimum Gasteiger partial charge on any atom is -0.387 e. The maximum absolute atomic E-state index is 11.4. The van der Waals surface area contributed by atoms with Crippen LogP contribution in [-0.2, 0) is 0 Å². The molecule has 1 N–H and O–H groups in total. The van der Waals surface area contributed by atoms with Crippen LogP contribution in [0.2, 0.25) is 0 Å². The number of hydrogen-bond acceptors (Lipinski definition) is 3. The van der Waals surface area contributed by atoms with E-state index in [-0.39, 0.29) is 6.04 Å². The molecule has 28 heavy (non-hydrogen) atoms. The standard InChI is InChI=1S/C25H30N2O/c1-17(2)16-27-14-6-9-24(27)25(28)21-15-23(19-12-10-18(3)11-13-19)26-22-8-5-4-7-20(21)22/h4-5,7-8,10-13,15,17,24-25,28H,6,9,14,16H2,1-3H3. The summed E-state index contributed by atoms with van der Waals surface area (Å²) in [5, 5.41) is 12.5. The molecule has 146 valence electrons. The molecule has 1 fully saturated rings. The van der Waals surface area contributed by atoms with E-state index in [1.165, 1.54) is 5.56 Å². The maximum Gasteiger partial charge on any atom is 0.0952 e. The lowest BCUT2D eigenvalue weighted by atomic mass is 9.94. The highest BCUT2D eigenvalue weighted by atomic mass is 16.3. The van der Waals surface area contributed by atoms with Crippen molar-refractivity contribution in [2.24, 2.45) is 5.92 Å². The van der Waals surface area contributed by atoms with Gasteiger partial charge in [0.1, 0.15) is 0 Å². The van der Waals surface area contributed by atoms with E-state index in [1.807, 2.05) is 18.2 Å². The number of aliphatic hydroxyl groups is 1. The average molecular weight is 375 g/mol. The second-order valence-corrected chi connectivity index (χ2v) is 8.52. The molecular weight excluding hydrogens is 344 g/mol. The van der Waals surface area contributed by atoms with Gasteiger partial charge in [0.05, 0.1) is 17.3 Å². The molecule has 2 aromatic carbocycles. The largest absolute Gasteiger partial charge is 0.387 e. The fourth-order valence-corrected chi connectivity index (χ4v) is 4.43. The summed E-state index contributed by atoms with van der Waals surface area (Å²) in [6.45, 7) is 8.71. The van der Waals surface area contributed by atoms with Crippen LogP contribution in [0.3, 0.4) is 0 Å². The summed E-state index contributed by atoms with van der Waals surface area (Å²) >= 11 is 0. The number of likely N-dealkylation sites (tertiary alicyclic amines) is 1.